The first-order chi connectivity index (χ1) is 10.2. The van der Waals surface area contributed by atoms with E-state index in [-0.39, 0.29) is 6.04 Å². The second-order valence-electron chi connectivity index (χ2n) is 5.74. The van der Waals surface area contributed by atoms with Crippen LogP contribution in [0.25, 0.3) is 0 Å². The third-order valence-corrected chi connectivity index (χ3v) is 4.46. The number of benzene rings is 2. The highest BCUT2D eigenvalue weighted by Gasteiger charge is 2.24. The van der Waals surface area contributed by atoms with Crippen LogP contribution < -0.4 is 10.6 Å². The van der Waals surface area contributed by atoms with E-state index in [0.717, 1.165) is 18.0 Å². The first-order valence-electron chi connectivity index (χ1n) is 7.51. The number of nitrogens with zero attached hydrogens (tertiary/aromatic N) is 1. The SMILES string of the molecule is Cc1ccc2c(c1)CCCN2C(CN)c1cccc(Cl)c1. The van der Waals surface area contributed by atoms with Crippen molar-refractivity contribution in [2.24, 2.45) is 5.73 Å². The lowest BCUT2D eigenvalue weighted by molar-refractivity contribution is 0.587. The minimum Gasteiger partial charge on any atom is -0.363 e. The van der Waals surface area contributed by atoms with Crippen molar-refractivity contribution in [1.29, 1.82) is 0 Å². The van der Waals surface area contributed by atoms with Crippen molar-refractivity contribution in [2.45, 2.75) is 25.8 Å². The summed E-state index contributed by atoms with van der Waals surface area (Å²) in [6.07, 6.45) is 2.33. The van der Waals surface area contributed by atoms with Crippen molar-refractivity contribution in [1.82, 2.24) is 0 Å². The van der Waals surface area contributed by atoms with Crippen LogP contribution in [0, 0.1) is 6.92 Å². The molecule has 0 amide bonds. The number of anilines is 1. The fourth-order valence-corrected chi connectivity index (χ4v) is 3.43. The van der Waals surface area contributed by atoms with Crippen LogP contribution >= 0.6 is 11.6 Å². The molecular weight excluding hydrogens is 280 g/mol. The molecule has 1 aliphatic rings. The summed E-state index contributed by atoms with van der Waals surface area (Å²) < 4.78 is 0. The fraction of sp³-hybridized carbons (Fsp3) is 0.333. The van der Waals surface area contributed by atoms with E-state index in [1.54, 1.807) is 0 Å². The molecule has 2 aromatic carbocycles. The maximum absolute atomic E-state index is 6.15. The van der Waals surface area contributed by atoms with Gasteiger partial charge in [-0.25, -0.2) is 0 Å². The summed E-state index contributed by atoms with van der Waals surface area (Å²) in [6, 6.07) is 15.0. The highest BCUT2D eigenvalue weighted by atomic mass is 35.5. The van der Waals surface area contributed by atoms with Gasteiger partial charge < -0.3 is 10.6 Å². The zero-order chi connectivity index (χ0) is 14.8. The van der Waals surface area contributed by atoms with Crippen LogP contribution in [0.3, 0.4) is 0 Å². The van der Waals surface area contributed by atoms with E-state index in [4.69, 9.17) is 17.3 Å². The van der Waals surface area contributed by atoms with Gasteiger partial charge in [0.25, 0.3) is 0 Å². The zero-order valence-corrected chi connectivity index (χ0v) is 13.1. The molecule has 0 saturated carbocycles. The molecule has 2 N–H and O–H groups in total. The minimum atomic E-state index is 0.186. The molecule has 1 heterocycles. The van der Waals surface area contributed by atoms with E-state index < -0.39 is 0 Å². The van der Waals surface area contributed by atoms with Crippen molar-refractivity contribution in [3.8, 4) is 0 Å². The fourth-order valence-electron chi connectivity index (χ4n) is 3.24. The molecule has 0 spiro atoms. The Morgan fingerprint density at radius 3 is 2.86 bits per heavy atom. The van der Waals surface area contributed by atoms with Gasteiger partial charge in [-0.3, -0.25) is 0 Å². The van der Waals surface area contributed by atoms with Crippen LogP contribution in [-0.4, -0.2) is 13.1 Å². The molecule has 0 saturated heterocycles. The van der Waals surface area contributed by atoms with Crippen LogP contribution in [-0.2, 0) is 6.42 Å². The predicted molar refractivity (Wildman–Crippen MR) is 90.1 cm³/mol. The van der Waals surface area contributed by atoms with Gasteiger partial charge in [0.2, 0.25) is 0 Å². The topological polar surface area (TPSA) is 29.3 Å². The molecule has 0 radical (unpaired) electrons. The van der Waals surface area contributed by atoms with Crippen LogP contribution in [0.4, 0.5) is 5.69 Å². The zero-order valence-electron chi connectivity index (χ0n) is 12.3. The Kier molecular flexibility index (Phi) is 4.18. The summed E-state index contributed by atoms with van der Waals surface area (Å²) in [5.74, 6) is 0. The van der Waals surface area contributed by atoms with E-state index >= 15 is 0 Å². The van der Waals surface area contributed by atoms with Crippen LogP contribution in [0.1, 0.15) is 29.2 Å². The molecule has 3 rings (SSSR count). The number of hydrogen-bond donors (Lipinski definition) is 1. The number of rotatable bonds is 3. The smallest absolute Gasteiger partial charge is 0.0665 e. The summed E-state index contributed by atoms with van der Waals surface area (Å²) in [6.45, 7) is 3.79. The molecule has 0 aliphatic carbocycles. The van der Waals surface area contributed by atoms with Crippen LogP contribution in [0.5, 0.6) is 0 Å². The lowest BCUT2D eigenvalue weighted by Gasteiger charge is -2.38. The number of nitrogens with two attached hydrogens (primary N) is 1. The quantitative estimate of drug-likeness (QED) is 0.924. The highest BCUT2D eigenvalue weighted by molar-refractivity contribution is 6.30. The Morgan fingerprint density at radius 1 is 1.24 bits per heavy atom. The molecule has 110 valence electrons. The van der Waals surface area contributed by atoms with Crippen molar-refractivity contribution < 1.29 is 0 Å². The molecule has 0 aromatic heterocycles. The molecule has 1 aliphatic heterocycles. The first kappa shape index (κ1) is 14.4. The molecule has 1 atom stereocenters. The van der Waals surface area contributed by atoms with Crippen LogP contribution in [0.2, 0.25) is 5.02 Å². The predicted octanol–water partition coefficient (Wildman–Crippen LogP) is 4.10. The molecule has 1 unspecified atom stereocenters. The van der Waals surface area contributed by atoms with Crippen molar-refractivity contribution in [3.05, 3.63) is 64.2 Å². The number of hydrogen-bond acceptors (Lipinski definition) is 2. The van der Waals surface area contributed by atoms with Gasteiger partial charge in [-0.2, -0.15) is 0 Å². The number of aryl methyl sites for hydroxylation is 2. The van der Waals surface area contributed by atoms with Gasteiger partial charge in [0.15, 0.2) is 0 Å². The maximum atomic E-state index is 6.15. The first-order valence-corrected chi connectivity index (χ1v) is 7.88. The Balaban J connectivity index is 1.99. The summed E-state index contributed by atoms with van der Waals surface area (Å²) >= 11 is 6.15. The standard InChI is InChI=1S/C18H21ClN2/c1-13-7-8-17-14(10-13)5-3-9-21(17)18(12-20)15-4-2-6-16(19)11-15/h2,4,6-8,10-11,18H,3,5,9,12,20H2,1H3. The number of halogens is 1. The molecule has 0 bridgehead atoms. The molecule has 3 heteroatoms. The monoisotopic (exact) mass is 300 g/mol. The van der Waals surface area contributed by atoms with Gasteiger partial charge in [-0.05, 0) is 49.1 Å². The van der Waals surface area contributed by atoms with E-state index in [9.17, 15) is 0 Å². The van der Waals surface area contributed by atoms with Gasteiger partial charge in [0, 0.05) is 23.8 Å². The third-order valence-electron chi connectivity index (χ3n) is 4.22. The van der Waals surface area contributed by atoms with Crippen LogP contribution in [0.15, 0.2) is 42.5 Å². The largest absolute Gasteiger partial charge is 0.363 e. The van der Waals surface area contributed by atoms with Crippen molar-refractivity contribution >= 4 is 17.3 Å². The average Bonchev–Trinajstić information content (AvgIpc) is 2.48. The van der Waals surface area contributed by atoms with E-state index in [0.29, 0.717) is 6.54 Å². The minimum absolute atomic E-state index is 0.186. The van der Waals surface area contributed by atoms with Crippen molar-refractivity contribution in [3.63, 3.8) is 0 Å². The Morgan fingerprint density at radius 2 is 2.10 bits per heavy atom. The Labute approximate surface area is 131 Å². The van der Waals surface area contributed by atoms with Gasteiger partial charge in [-0.1, -0.05) is 41.4 Å². The second kappa shape index (κ2) is 6.08. The molecule has 2 aromatic rings. The summed E-state index contributed by atoms with van der Waals surface area (Å²) in [7, 11) is 0. The summed E-state index contributed by atoms with van der Waals surface area (Å²) in [4.78, 5) is 2.43. The third kappa shape index (κ3) is 2.92. The summed E-state index contributed by atoms with van der Waals surface area (Å²) in [5.41, 5.74) is 11.4. The lowest BCUT2D eigenvalue weighted by atomic mass is 9.96. The average molecular weight is 301 g/mol. The molecular formula is C18H21ClN2. The van der Waals surface area contributed by atoms with Gasteiger partial charge >= 0.3 is 0 Å². The molecule has 21 heavy (non-hydrogen) atoms. The maximum Gasteiger partial charge on any atom is 0.0665 e. The molecule has 2 nitrogen and oxygen atoms in total. The van der Waals surface area contributed by atoms with Crippen molar-refractivity contribution in [2.75, 3.05) is 18.0 Å². The Bertz CT molecular complexity index is 639. The normalized spacial score (nSPS) is 15.7. The number of fused-ring (bicyclic) bond motifs is 1. The van der Waals surface area contributed by atoms with Gasteiger partial charge in [0.1, 0.15) is 0 Å². The lowest BCUT2D eigenvalue weighted by Crippen LogP contribution is -2.37. The van der Waals surface area contributed by atoms with Gasteiger partial charge in [-0.15, -0.1) is 0 Å². The summed E-state index contributed by atoms with van der Waals surface area (Å²) in [5, 5.41) is 0.770. The second-order valence-corrected chi connectivity index (χ2v) is 6.17. The van der Waals surface area contributed by atoms with E-state index in [2.05, 4.69) is 36.1 Å². The molecule has 0 fully saturated rings. The Hall–Kier alpha value is -1.51. The highest BCUT2D eigenvalue weighted by Crippen LogP contribution is 2.34. The van der Waals surface area contributed by atoms with E-state index in [1.165, 1.54) is 28.8 Å². The van der Waals surface area contributed by atoms with Gasteiger partial charge in [0.05, 0.1) is 6.04 Å². The van der Waals surface area contributed by atoms with E-state index in [1.807, 2.05) is 18.2 Å².